The lowest BCUT2D eigenvalue weighted by Gasteiger charge is -2.34. The summed E-state index contributed by atoms with van der Waals surface area (Å²) in [6.45, 7) is 9.05. The maximum absolute atomic E-state index is 12.5. The molecule has 3 heterocycles. The van der Waals surface area contributed by atoms with Gasteiger partial charge in [0, 0.05) is 44.7 Å². The lowest BCUT2D eigenvalue weighted by Crippen LogP contribution is -2.52. The van der Waals surface area contributed by atoms with Gasteiger partial charge in [0.05, 0.1) is 6.04 Å². The van der Waals surface area contributed by atoms with E-state index in [1.165, 1.54) is 0 Å². The number of hydrogen-bond acceptors (Lipinski definition) is 4. The summed E-state index contributed by atoms with van der Waals surface area (Å²) in [5.74, 6) is 0.906. The summed E-state index contributed by atoms with van der Waals surface area (Å²) in [7, 11) is 0. The fourth-order valence-electron chi connectivity index (χ4n) is 3.82. The minimum atomic E-state index is -0.170. The Kier molecular flexibility index (Phi) is 6.31. The number of carbonyl (C=O) groups is 1. The molecular formula is C18H31N5O2. The van der Waals surface area contributed by atoms with E-state index >= 15 is 0 Å². The lowest BCUT2D eigenvalue weighted by atomic mass is 10.0. The molecule has 0 aliphatic carbocycles. The Balaban J connectivity index is 1.55. The van der Waals surface area contributed by atoms with E-state index in [1.54, 1.807) is 6.20 Å². The van der Waals surface area contributed by atoms with Crippen LogP contribution in [-0.4, -0.2) is 58.8 Å². The predicted octanol–water partition coefficient (Wildman–Crippen LogP) is 1.91. The second kappa shape index (κ2) is 8.67. The molecule has 7 nitrogen and oxygen atoms in total. The van der Waals surface area contributed by atoms with E-state index in [-0.39, 0.29) is 24.2 Å². The summed E-state index contributed by atoms with van der Waals surface area (Å²) in [4.78, 5) is 19.4. The van der Waals surface area contributed by atoms with Gasteiger partial charge in [-0.15, -0.1) is 0 Å². The Morgan fingerprint density at radius 3 is 2.76 bits per heavy atom. The van der Waals surface area contributed by atoms with Gasteiger partial charge in [0.2, 0.25) is 0 Å². The van der Waals surface area contributed by atoms with Crippen LogP contribution in [0.15, 0.2) is 12.4 Å². The molecule has 0 radical (unpaired) electrons. The van der Waals surface area contributed by atoms with Crippen molar-refractivity contribution in [3.8, 4) is 0 Å². The van der Waals surface area contributed by atoms with Gasteiger partial charge in [-0.3, -0.25) is 0 Å². The van der Waals surface area contributed by atoms with E-state index in [9.17, 15) is 4.79 Å². The molecule has 2 fully saturated rings. The van der Waals surface area contributed by atoms with Crippen molar-refractivity contribution in [2.24, 2.45) is 0 Å². The summed E-state index contributed by atoms with van der Waals surface area (Å²) >= 11 is 0. The summed E-state index contributed by atoms with van der Waals surface area (Å²) in [6, 6.07) is 0.158. The van der Waals surface area contributed by atoms with E-state index < -0.39 is 0 Å². The van der Waals surface area contributed by atoms with E-state index in [4.69, 9.17) is 4.74 Å². The Morgan fingerprint density at radius 2 is 2.04 bits per heavy atom. The average Bonchev–Trinajstić information content (AvgIpc) is 3.11. The molecule has 3 rings (SSSR count). The number of hydrogen-bond donors (Lipinski definition) is 2. The standard InChI is InChI=1S/C18H31N5O2/c1-3-22-10-7-14(8-11-22)20-18(24)21-15-6-5-13-25-16(15)17-19-9-12-23(17)4-2/h9,12,14-16H,3-8,10-11,13H2,1-2H3,(H2,20,21,24)/t15-,16-/m1/s1. The Hall–Kier alpha value is -1.60. The number of aromatic nitrogens is 2. The third-order valence-corrected chi connectivity index (χ3v) is 5.35. The third kappa shape index (κ3) is 4.52. The number of aryl methyl sites for hydroxylation is 1. The molecule has 0 spiro atoms. The summed E-state index contributed by atoms with van der Waals surface area (Å²) < 4.78 is 8.05. The maximum atomic E-state index is 12.5. The first-order valence-electron chi connectivity index (χ1n) is 9.63. The van der Waals surface area contributed by atoms with Gasteiger partial charge < -0.3 is 24.8 Å². The molecule has 2 N–H and O–H groups in total. The van der Waals surface area contributed by atoms with Crippen LogP contribution in [0.2, 0.25) is 0 Å². The Morgan fingerprint density at radius 1 is 1.24 bits per heavy atom. The van der Waals surface area contributed by atoms with Gasteiger partial charge in [-0.1, -0.05) is 6.92 Å². The highest BCUT2D eigenvalue weighted by Crippen LogP contribution is 2.27. The number of urea groups is 1. The van der Waals surface area contributed by atoms with Crippen LogP contribution in [0.1, 0.15) is 51.5 Å². The number of ether oxygens (including phenoxy) is 1. The van der Waals surface area contributed by atoms with Crippen LogP contribution in [0.3, 0.4) is 0 Å². The Labute approximate surface area is 150 Å². The number of rotatable bonds is 5. The normalized spacial score (nSPS) is 25.7. The minimum absolute atomic E-state index is 0.0304. The summed E-state index contributed by atoms with van der Waals surface area (Å²) in [5, 5.41) is 6.28. The van der Waals surface area contributed by atoms with Crippen molar-refractivity contribution >= 4 is 6.03 Å². The van der Waals surface area contributed by atoms with E-state index in [0.29, 0.717) is 0 Å². The highest BCUT2D eigenvalue weighted by atomic mass is 16.5. The monoisotopic (exact) mass is 349 g/mol. The highest BCUT2D eigenvalue weighted by molar-refractivity contribution is 5.74. The van der Waals surface area contributed by atoms with E-state index in [1.807, 2.05) is 6.20 Å². The van der Waals surface area contributed by atoms with Crippen LogP contribution < -0.4 is 10.6 Å². The second-order valence-corrected chi connectivity index (χ2v) is 6.94. The van der Waals surface area contributed by atoms with Crippen LogP contribution in [0.4, 0.5) is 4.79 Å². The summed E-state index contributed by atoms with van der Waals surface area (Å²) in [5.41, 5.74) is 0. The predicted molar refractivity (Wildman–Crippen MR) is 96.4 cm³/mol. The van der Waals surface area contributed by atoms with Crippen molar-refractivity contribution in [1.82, 2.24) is 25.1 Å². The number of amides is 2. The number of nitrogens with one attached hydrogen (secondary N) is 2. The van der Waals surface area contributed by atoms with Crippen molar-refractivity contribution in [2.45, 2.75) is 64.3 Å². The van der Waals surface area contributed by atoms with Gasteiger partial charge >= 0.3 is 6.03 Å². The number of imidazole rings is 1. The fourth-order valence-corrected chi connectivity index (χ4v) is 3.82. The quantitative estimate of drug-likeness (QED) is 0.852. The van der Waals surface area contributed by atoms with Crippen LogP contribution >= 0.6 is 0 Å². The van der Waals surface area contributed by atoms with E-state index in [2.05, 4.69) is 38.9 Å². The number of likely N-dealkylation sites (tertiary alicyclic amines) is 1. The van der Waals surface area contributed by atoms with Crippen molar-refractivity contribution in [3.63, 3.8) is 0 Å². The number of carbonyl (C=O) groups excluding carboxylic acids is 1. The minimum Gasteiger partial charge on any atom is -0.368 e. The topological polar surface area (TPSA) is 71.4 Å². The fraction of sp³-hybridized carbons (Fsp3) is 0.778. The largest absolute Gasteiger partial charge is 0.368 e. The van der Waals surface area contributed by atoms with Crippen molar-refractivity contribution in [1.29, 1.82) is 0 Å². The lowest BCUT2D eigenvalue weighted by molar-refractivity contribution is -0.0146. The number of nitrogens with zero attached hydrogens (tertiary/aromatic N) is 3. The Bertz CT molecular complexity index is 553. The molecule has 0 aromatic carbocycles. The average molecular weight is 349 g/mol. The number of piperidine rings is 1. The van der Waals surface area contributed by atoms with Crippen LogP contribution in [0.5, 0.6) is 0 Å². The third-order valence-electron chi connectivity index (χ3n) is 5.35. The zero-order valence-electron chi connectivity index (χ0n) is 15.4. The van der Waals surface area contributed by atoms with E-state index in [0.717, 1.165) is 64.3 Å². The van der Waals surface area contributed by atoms with Gasteiger partial charge in [-0.2, -0.15) is 0 Å². The molecule has 140 valence electrons. The molecule has 2 amide bonds. The van der Waals surface area contributed by atoms with Crippen LogP contribution in [0.25, 0.3) is 0 Å². The first-order valence-corrected chi connectivity index (χ1v) is 9.63. The van der Waals surface area contributed by atoms with Crippen molar-refractivity contribution in [2.75, 3.05) is 26.2 Å². The maximum Gasteiger partial charge on any atom is 0.315 e. The van der Waals surface area contributed by atoms with Gasteiger partial charge in [0.15, 0.2) is 0 Å². The van der Waals surface area contributed by atoms with Gasteiger partial charge in [0.1, 0.15) is 11.9 Å². The van der Waals surface area contributed by atoms with Gasteiger partial charge in [0.25, 0.3) is 0 Å². The first kappa shape index (κ1) is 18.2. The smallest absolute Gasteiger partial charge is 0.315 e. The van der Waals surface area contributed by atoms with Crippen LogP contribution in [0, 0.1) is 0 Å². The molecule has 0 bridgehead atoms. The molecule has 1 aromatic heterocycles. The molecule has 2 aliphatic heterocycles. The second-order valence-electron chi connectivity index (χ2n) is 6.94. The van der Waals surface area contributed by atoms with Gasteiger partial charge in [-0.25, -0.2) is 9.78 Å². The molecule has 0 saturated carbocycles. The van der Waals surface area contributed by atoms with Crippen LogP contribution in [-0.2, 0) is 11.3 Å². The zero-order chi connectivity index (χ0) is 17.6. The molecule has 2 aliphatic rings. The first-order chi connectivity index (χ1) is 12.2. The molecule has 1 aromatic rings. The highest BCUT2D eigenvalue weighted by Gasteiger charge is 2.32. The van der Waals surface area contributed by atoms with Gasteiger partial charge in [-0.05, 0) is 39.2 Å². The van der Waals surface area contributed by atoms with Crippen molar-refractivity contribution in [3.05, 3.63) is 18.2 Å². The molecule has 0 unspecified atom stereocenters. The molecule has 25 heavy (non-hydrogen) atoms. The molecule has 7 heteroatoms. The summed E-state index contributed by atoms with van der Waals surface area (Å²) in [6.07, 6.45) is 7.52. The van der Waals surface area contributed by atoms with Crippen molar-refractivity contribution < 1.29 is 9.53 Å². The molecule has 2 atom stereocenters. The zero-order valence-corrected chi connectivity index (χ0v) is 15.4. The molecule has 2 saturated heterocycles. The SMILES string of the molecule is CCN1CCC(NC(=O)N[C@@H]2CCCO[C@H]2c2nccn2CC)CC1. The molecular weight excluding hydrogens is 318 g/mol.